The minimum atomic E-state index is -0.0235. The molecule has 0 aliphatic carbocycles. The van der Waals surface area contributed by atoms with Crippen molar-refractivity contribution in [3.63, 3.8) is 0 Å². The fourth-order valence-corrected chi connectivity index (χ4v) is 4.84. The van der Waals surface area contributed by atoms with Crippen LogP contribution in [0, 0.1) is 5.92 Å². The van der Waals surface area contributed by atoms with E-state index in [9.17, 15) is 9.59 Å². The first-order chi connectivity index (χ1) is 12.7. The maximum absolute atomic E-state index is 13.3. The van der Waals surface area contributed by atoms with E-state index in [1.54, 1.807) is 0 Å². The summed E-state index contributed by atoms with van der Waals surface area (Å²) >= 11 is 0. The maximum Gasteiger partial charge on any atom is 0.228 e. The van der Waals surface area contributed by atoms with E-state index >= 15 is 0 Å². The minimum Gasteiger partial charge on any atom is -0.342 e. The number of amides is 2. The highest BCUT2D eigenvalue weighted by Gasteiger charge is 2.41. The second-order valence-electron chi connectivity index (χ2n) is 7.96. The van der Waals surface area contributed by atoms with E-state index in [4.69, 9.17) is 0 Å². The molecule has 3 aliphatic heterocycles. The zero-order chi connectivity index (χ0) is 17.9. The van der Waals surface area contributed by atoms with Crippen LogP contribution in [0.2, 0.25) is 0 Å². The van der Waals surface area contributed by atoms with Crippen molar-refractivity contribution >= 4 is 11.8 Å². The molecule has 5 heteroatoms. The summed E-state index contributed by atoms with van der Waals surface area (Å²) in [4.78, 5) is 30.0. The smallest absolute Gasteiger partial charge is 0.228 e. The molecule has 0 spiro atoms. The lowest BCUT2D eigenvalue weighted by Gasteiger charge is -2.37. The van der Waals surface area contributed by atoms with Gasteiger partial charge in [0, 0.05) is 31.7 Å². The number of fused-ring (bicyclic) bond motifs is 2. The lowest BCUT2D eigenvalue weighted by molar-refractivity contribution is -0.142. The maximum atomic E-state index is 13.3. The van der Waals surface area contributed by atoms with E-state index in [1.807, 2.05) is 35.2 Å². The molecule has 3 saturated heterocycles. The van der Waals surface area contributed by atoms with Crippen LogP contribution in [-0.2, 0) is 16.0 Å². The van der Waals surface area contributed by atoms with Gasteiger partial charge in [0.05, 0.1) is 12.3 Å². The molecule has 3 aliphatic rings. The summed E-state index contributed by atoms with van der Waals surface area (Å²) in [6, 6.07) is 10.6. The number of nitrogens with one attached hydrogen (secondary N) is 1. The van der Waals surface area contributed by atoms with Gasteiger partial charge in [-0.25, -0.2) is 0 Å². The standard InChI is InChI=1S/C21H29N3O2/c25-20(13-16-5-2-1-3-6-16)23-12-4-7-17(15-23)21(26)24-18-8-9-19(24)14-22-11-10-18/h1-3,5-6,17-19,22H,4,7-15H2. The molecule has 1 aromatic carbocycles. The molecule has 3 atom stereocenters. The molecule has 3 fully saturated rings. The molecular formula is C21H29N3O2. The van der Waals surface area contributed by atoms with Gasteiger partial charge in [0.25, 0.3) is 0 Å². The second kappa shape index (κ2) is 7.78. The molecule has 0 radical (unpaired) electrons. The molecule has 2 amide bonds. The Hall–Kier alpha value is -1.88. The second-order valence-corrected chi connectivity index (χ2v) is 7.96. The molecule has 26 heavy (non-hydrogen) atoms. The fourth-order valence-electron chi connectivity index (χ4n) is 4.84. The molecule has 0 saturated carbocycles. The molecule has 1 N–H and O–H groups in total. The highest BCUT2D eigenvalue weighted by atomic mass is 16.2. The Kier molecular flexibility index (Phi) is 5.25. The highest BCUT2D eigenvalue weighted by molar-refractivity contribution is 5.83. The Bertz CT molecular complexity index is 634. The molecule has 3 unspecified atom stereocenters. The third kappa shape index (κ3) is 3.63. The minimum absolute atomic E-state index is 0.0235. The first kappa shape index (κ1) is 17.5. The zero-order valence-electron chi connectivity index (χ0n) is 15.4. The summed E-state index contributed by atoms with van der Waals surface area (Å²) in [6.07, 6.45) is 5.59. The van der Waals surface area contributed by atoms with Gasteiger partial charge in [-0.2, -0.15) is 0 Å². The lowest BCUT2D eigenvalue weighted by atomic mass is 9.95. The van der Waals surface area contributed by atoms with Crippen molar-refractivity contribution in [3.05, 3.63) is 35.9 Å². The SMILES string of the molecule is O=C(Cc1ccccc1)N1CCCC(C(=O)N2C3CCNCC2CC3)C1. The molecular weight excluding hydrogens is 326 g/mol. The molecule has 1 aromatic rings. The van der Waals surface area contributed by atoms with Crippen LogP contribution in [0.3, 0.4) is 0 Å². The molecule has 4 rings (SSSR count). The quantitative estimate of drug-likeness (QED) is 0.900. The summed E-state index contributed by atoms with van der Waals surface area (Å²) in [5.41, 5.74) is 1.04. The topological polar surface area (TPSA) is 52.7 Å². The number of hydrogen-bond donors (Lipinski definition) is 1. The van der Waals surface area contributed by atoms with Crippen LogP contribution in [0.1, 0.15) is 37.7 Å². The Morgan fingerprint density at radius 2 is 1.85 bits per heavy atom. The Morgan fingerprint density at radius 3 is 2.69 bits per heavy atom. The number of carbonyl (C=O) groups excluding carboxylic acids is 2. The van der Waals surface area contributed by atoms with Crippen molar-refractivity contribution < 1.29 is 9.59 Å². The van der Waals surface area contributed by atoms with E-state index in [-0.39, 0.29) is 11.8 Å². The Morgan fingerprint density at radius 1 is 1.04 bits per heavy atom. The Balaban J connectivity index is 1.40. The largest absolute Gasteiger partial charge is 0.342 e. The number of carbonyl (C=O) groups is 2. The van der Waals surface area contributed by atoms with Gasteiger partial charge in [-0.05, 0) is 44.2 Å². The van der Waals surface area contributed by atoms with Crippen LogP contribution in [0.15, 0.2) is 30.3 Å². The average molecular weight is 355 g/mol. The number of likely N-dealkylation sites (tertiary alicyclic amines) is 1. The monoisotopic (exact) mass is 355 g/mol. The average Bonchev–Trinajstić information content (AvgIpc) is 2.94. The van der Waals surface area contributed by atoms with E-state index in [0.717, 1.165) is 57.3 Å². The van der Waals surface area contributed by atoms with Gasteiger partial charge < -0.3 is 15.1 Å². The van der Waals surface area contributed by atoms with E-state index < -0.39 is 0 Å². The van der Waals surface area contributed by atoms with Gasteiger partial charge in [-0.15, -0.1) is 0 Å². The van der Waals surface area contributed by atoms with Crippen LogP contribution in [0.4, 0.5) is 0 Å². The predicted octanol–water partition coefficient (Wildman–Crippen LogP) is 1.82. The number of benzene rings is 1. The van der Waals surface area contributed by atoms with Crippen molar-refractivity contribution in [1.82, 2.24) is 15.1 Å². The summed E-state index contributed by atoms with van der Waals surface area (Å²) in [5.74, 6) is 0.414. The predicted molar refractivity (Wildman–Crippen MR) is 101 cm³/mol. The molecule has 5 nitrogen and oxygen atoms in total. The molecule has 0 aromatic heterocycles. The molecule has 3 heterocycles. The lowest BCUT2D eigenvalue weighted by Crippen LogP contribution is -2.50. The van der Waals surface area contributed by atoms with E-state index in [2.05, 4.69) is 10.2 Å². The summed E-state index contributed by atoms with van der Waals surface area (Å²) in [6.45, 7) is 3.31. The van der Waals surface area contributed by atoms with E-state index in [0.29, 0.717) is 31.0 Å². The summed E-state index contributed by atoms with van der Waals surface area (Å²) in [5, 5.41) is 3.46. The third-order valence-corrected chi connectivity index (χ3v) is 6.23. The first-order valence-corrected chi connectivity index (χ1v) is 10.1. The van der Waals surface area contributed by atoms with E-state index in [1.165, 1.54) is 0 Å². The van der Waals surface area contributed by atoms with Crippen LogP contribution in [0.5, 0.6) is 0 Å². The number of nitrogens with zero attached hydrogens (tertiary/aromatic N) is 2. The third-order valence-electron chi connectivity index (χ3n) is 6.23. The van der Waals surface area contributed by atoms with Crippen molar-refractivity contribution in [3.8, 4) is 0 Å². The summed E-state index contributed by atoms with van der Waals surface area (Å²) in [7, 11) is 0. The van der Waals surface area contributed by atoms with Gasteiger partial charge in [-0.3, -0.25) is 9.59 Å². The molecule has 140 valence electrons. The van der Waals surface area contributed by atoms with Crippen LogP contribution >= 0.6 is 0 Å². The number of piperidine rings is 1. The van der Waals surface area contributed by atoms with Gasteiger partial charge in [0.15, 0.2) is 0 Å². The van der Waals surface area contributed by atoms with Crippen molar-refractivity contribution in [2.75, 3.05) is 26.2 Å². The highest BCUT2D eigenvalue weighted by Crippen LogP contribution is 2.31. The van der Waals surface area contributed by atoms with Crippen LogP contribution in [0.25, 0.3) is 0 Å². The zero-order valence-corrected chi connectivity index (χ0v) is 15.4. The summed E-state index contributed by atoms with van der Waals surface area (Å²) < 4.78 is 0. The van der Waals surface area contributed by atoms with Gasteiger partial charge >= 0.3 is 0 Å². The van der Waals surface area contributed by atoms with Crippen LogP contribution in [-0.4, -0.2) is 59.9 Å². The van der Waals surface area contributed by atoms with Crippen molar-refractivity contribution in [1.29, 1.82) is 0 Å². The van der Waals surface area contributed by atoms with Gasteiger partial charge in [-0.1, -0.05) is 30.3 Å². The van der Waals surface area contributed by atoms with Gasteiger partial charge in [0.2, 0.25) is 11.8 Å². The normalized spacial score (nSPS) is 28.7. The fraction of sp³-hybridized carbons (Fsp3) is 0.619. The number of hydrogen-bond acceptors (Lipinski definition) is 3. The first-order valence-electron chi connectivity index (χ1n) is 10.1. The number of rotatable bonds is 3. The Labute approximate surface area is 155 Å². The van der Waals surface area contributed by atoms with Crippen molar-refractivity contribution in [2.45, 2.75) is 50.6 Å². The van der Waals surface area contributed by atoms with Crippen molar-refractivity contribution in [2.24, 2.45) is 5.92 Å². The van der Waals surface area contributed by atoms with Crippen LogP contribution < -0.4 is 5.32 Å². The molecule has 2 bridgehead atoms. The van der Waals surface area contributed by atoms with Gasteiger partial charge in [0.1, 0.15) is 0 Å².